The van der Waals surface area contributed by atoms with E-state index in [9.17, 15) is 9.59 Å². The van der Waals surface area contributed by atoms with Crippen molar-refractivity contribution in [3.8, 4) is 0 Å². The van der Waals surface area contributed by atoms with Gasteiger partial charge in [-0.1, -0.05) is 6.07 Å². The second kappa shape index (κ2) is 9.36. The largest absolute Gasteiger partial charge is 0.443 e. The van der Waals surface area contributed by atoms with Crippen molar-refractivity contribution in [3.63, 3.8) is 0 Å². The number of methoxy groups -OCH3 is 1. The maximum Gasteiger partial charge on any atom is 0.415 e. The first kappa shape index (κ1) is 24.5. The molecule has 1 aliphatic carbocycles. The number of para-hydroxylation sites is 1. The fourth-order valence-electron chi connectivity index (χ4n) is 4.12. The lowest BCUT2D eigenvalue weighted by atomic mass is 9.89. The minimum Gasteiger partial charge on any atom is -0.443 e. The number of ether oxygens (including phenoxy) is 2. The standard InChI is InChI=1S/C25H29N7O5/c1-25(2,3)37-24(34)31(4)20-11-19(28-16-7-6-8-18-21(16)26-13-36-18)30-22-14(12-27-32(20)22)23(33)29-15-9-10-17(15)35-5/h6-8,11-13,15,17H,9-10H2,1-5H3,(H,28,30)(H,29,33)/t15-,17-/m0/s1. The van der Waals surface area contributed by atoms with Gasteiger partial charge in [0.2, 0.25) is 0 Å². The second-order valence-electron chi connectivity index (χ2n) is 9.89. The number of carbonyl (C=O) groups excluding carboxylic acids is 2. The maximum absolute atomic E-state index is 13.2. The van der Waals surface area contributed by atoms with Crippen molar-refractivity contribution < 1.29 is 23.5 Å². The molecule has 5 rings (SSSR count). The Morgan fingerprint density at radius 3 is 2.76 bits per heavy atom. The van der Waals surface area contributed by atoms with E-state index in [0.717, 1.165) is 12.8 Å². The molecule has 0 radical (unpaired) electrons. The summed E-state index contributed by atoms with van der Waals surface area (Å²) in [4.78, 5) is 36.4. The smallest absolute Gasteiger partial charge is 0.415 e. The van der Waals surface area contributed by atoms with E-state index in [1.807, 2.05) is 12.1 Å². The van der Waals surface area contributed by atoms with E-state index in [2.05, 4.69) is 25.7 Å². The third-order valence-electron chi connectivity index (χ3n) is 6.16. The molecule has 12 heteroatoms. The second-order valence-corrected chi connectivity index (χ2v) is 9.89. The number of hydrogen-bond donors (Lipinski definition) is 2. The van der Waals surface area contributed by atoms with Gasteiger partial charge >= 0.3 is 6.09 Å². The number of nitrogens with zero attached hydrogens (tertiary/aromatic N) is 5. The lowest BCUT2D eigenvalue weighted by Gasteiger charge is -2.35. The van der Waals surface area contributed by atoms with Gasteiger partial charge in [-0.15, -0.1) is 0 Å². The van der Waals surface area contributed by atoms with Crippen LogP contribution in [-0.4, -0.2) is 63.5 Å². The van der Waals surface area contributed by atoms with Crippen LogP contribution in [0.1, 0.15) is 44.0 Å². The molecular formula is C25H29N7O5. The summed E-state index contributed by atoms with van der Waals surface area (Å²) in [5, 5.41) is 10.6. The number of nitrogens with one attached hydrogen (secondary N) is 2. The summed E-state index contributed by atoms with van der Waals surface area (Å²) < 4.78 is 17.8. The topological polar surface area (TPSA) is 136 Å². The summed E-state index contributed by atoms with van der Waals surface area (Å²) in [6.07, 6.45) is 3.92. The lowest BCUT2D eigenvalue weighted by Crippen LogP contribution is -2.51. The first-order valence-corrected chi connectivity index (χ1v) is 11.9. The fourth-order valence-corrected chi connectivity index (χ4v) is 4.12. The van der Waals surface area contributed by atoms with Crippen LogP contribution in [0.5, 0.6) is 0 Å². The van der Waals surface area contributed by atoms with E-state index in [1.54, 1.807) is 47.1 Å². The number of fused-ring (bicyclic) bond motifs is 2. The van der Waals surface area contributed by atoms with Gasteiger partial charge in [0.05, 0.1) is 24.0 Å². The number of hydrogen-bond acceptors (Lipinski definition) is 9. The van der Waals surface area contributed by atoms with Crippen molar-refractivity contribution in [3.05, 3.63) is 42.4 Å². The highest BCUT2D eigenvalue weighted by molar-refractivity contribution is 6.01. The number of aromatic nitrogens is 4. The summed E-state index contributed by atoms with van der Waals surface area (Å²) in [5.74, 6) is 0.406. The number of benzene rings is 1. The zero-order chi connectivity index (χ0) is 26.3. The molecule has 0 spiro atoms. The van der Waals surface area contributed by atoms with E-state index >= 15 is 0 Å². The average Bonchev–Trinajstić information content (AvgIpc) is 3.48. The van der Waals surface area contributed by atoms with Gasteiger partial charge in [-0.25, -0.2) is 14.8 Å². The fraction of sp³-hybridized carbons (Fsp3) is 0.400. The quantitative estimate of drug-likeness (QED) is 0.398. The predicted octanol–water partition coefficient (Wildman–Crippen LogP) is 3.89. The molecule has 1 aliphatic rings. The molecule has 194 valence electrons. The van der Waals surface area contributed by atoms with E-state index < -0.39 is 11.7 Å². The number of oxazole rings is 1. The molecule has 0 saturated heterocycles. The van der Waals surface area contributed by atoms with Crippen LogP contribution < -0.4 is 15.5 Å². The Balaban J connectivity index is 1.56. The van der Waals surface area contributed by atoms with E-state index in [0.29, 0.717) is 28.4 Å². The summed E-state index contributed by atoms with van der Waals surface area (Å²) >= 11 is 0. The molecule has 2 N–H and O–H groups in total. The van der Waals surface area contributed by atoms with Gasteiger partial charge in [0.15, 0.2) is 17.6 Å². The number of amides is 2. The van der Waals surface area contributed by atoms with Gasteiger partial charge in [0.1, 0.15) is 28.3 Å². The van der Waals surface area contributed by atoms with Crippen LogP contribution in [0.2, 0.25) is 0 Å². The van der Waals surface area contributed by atoms with E-state index in [1.165, 1.54) is 22.0 Å². The van der Waals surface area contributed by atoms with E-state index in [-0.39, 0.29) is 29.3 Å². The molecule has 3 heterocycles. The number of anilines is 3. The average molecular weight is 508 g/mol. The Kier molecular flexibility index (Phi) is 6.20. The molecule has 1 saturated carbocycles. The van der Waals surface area contributed by atoms with Crippen LogP contribution in [0.15, 0.2) is 41.3 Å². The number of rotatable bonds is 6. The highest BCUT2D eigenvalue weighted by atomic mass is 16.6. The van der Waals surface area contributed by atoms with Crippen molar-refractivity contribution in [2.45, 2.75) is 51.4 Å². The Morgan fingerprint density at radius 1 is 1.24 bits per heavy atom. The highest BCUT2D eigenvalue weighted by Crippen LogP contribution is 2.29. The summed E-state index contributed by atoms with van der Waals surface area (Å²) in [5.41, 5.74) is 1.72. The van der Waals surface area contributed by atoms with Gasteiger partial charge < -0.3 is 24.5 Å². The Labute approximate surface area is 212 Å². The van der Waals surface area contributed by atoms with Crippen molar-refractivity contribution in [1.82, 2.24) is 24.9 Å². The Morgan fingerprint density at radius 2 is 2.05 bits per heavy atom. The van der Waals surface area contributed by atoms with Gasteiger partial charge in [-0.3, -0.25) is 9.69 Å². The van der Waals surface area contributed by atoms with E-state index in [4.69, 9.17) is 13.9 Å². The molecule has 0 aliphatic heterocycles. The molecule has 37 heavy (non-hydrogen) atoms. The number of carbonyl (C=O) groups is 2. The highest BCUT2D eigenvalue weighted by Gasteiger charge is 2.33. The van der Waals surface area contributed by atoms with Crippen molar-refractivity contribution in [2.24, 2.45) is 0 Å². The summed E-state index contributed by atoms with van der Waals surface area (Å²) in [6, 6.07) is 7.03. The maximum atomic E-state index is 13.2. The van der Waals surface area contributed by atoms with Gasteiger partial charge in [0.25, 0.3) is 5.91 Å². The molecule has 0 unspecified atom stereocenters. The van der Waals surface area contributed by atoms with Crippen molar-refractivity contribution in [2.75, 3.05) is 24.4 Å². The summed E-state index contributed by atoms with van der Waals surface area (Å²) in [7, 11) is 3.20. The molecule has 4 aromatic rings. The van der Waals surface area contributed by atoms with Gasteiger partial charge in [-0.05, 0) is 45.7 Å². The SMILES string of the molecule is CO[C@H]1CC[C@@H]1NC(=O)c1cnn2c(N(C)C(=O)OC(C)(C)C)cc(Nc3cccc4ocnc34)nc12. The molecule has 3 aromatic heterocycles. The minimum absolute atomic E-state index is 0.0206. The Bertz CT molecular complexity index is 1470. The van der Waals surface area contributed by atoms with Crippen LogP contribution >= 0.6 is 0 Å². The van der Waals surface area contributed by atoms with Crippen molar-refractivity contribution >= 4 is 46.1 Å². The summed E-state index contributed by atoms with van der Waals surface area (Å²) in [6.45, 7) is 5.36. The molecule has 2 atom stereocenters. The molecule has 1 aromatic carbocycles. The monoisotopic (exact) mass is 507 g/mol. The van der Waals surface area contributed by atoms with Crippen LogP contribution in [0.4, 0.5) is 22.1 Å². The first-order chi connectivity index (χ1) is 17.6. The first-order valence-electron chi connectivity index (χ1n) is 11.9. The lowest BCUT2D eigenvalue weighted by molar-refractivity contribution is 0.00732. The molecule has 0 bridgehead atoms. The van der Waals surface area contributed by atoms with Crippen molar-refractivity contribution in [1.29, 1.82) is 0 Å². The molecule has 12 nitrogen and oxygen atoms in total. The van der Waals surface area contributed by atoms with Gasteiger partial charge in [-0.2, -0.15) is 9.61 Å². The van der Waals surface area contributed by atoms with Crippen LogP contribution in [0.25, 0.3) is 16.7 Å². The van der Waals surface area contributed by atoms with Crippen LogP contribution in [0.3, 0.4) is 0 Å². The third kappa shape index (κ3) is 4.79. The predicted molar refractivity (Wildman–Crippen MR) is 136 cm³/mol. The Hall–Kier alpha value is -4.19. The minimum atomic E-state index is -0.697. The zero-order valence-electron chi connectivity index (χ0n) is 21.3. The van der Waals surface area contributed by atoms with Crippen LogP contribution in [0, 0.1) is 0 Å². The normalized spacial score (nSPS) is 17.4. The zero-order valence-corrected chi connectivity index (χ0v) is 21.3. The van der Waals surface area contributed by atoms with Gasteiger partial charge in [0, 0.05) is 20.2 Å². The molecule has 2 amide bonds. The molecule has 1 fully saturated rings. The third-order valence-corrected chi connectivity index (χ3v) is 6.16. The molecular weight excluding hydrogens is 478 g/mol. The van der Waals surface area contributed by atoms with Crippen LogP contribution in [-0.2, 0) is 9.47 Å².